The number of nitrogens with zero attached hydrogens (tertiary/aromatic N) is 4. The van der Waals surface area contributed by atoms with Gasteiger partial charge in [0, 0.05) is 37.0 Å². The molecule has 1 aromatic carbocycles. The Labute approximate surface area is 137 Å². The summed E-state index contributed by atoms with van der Waals surface area (Å²) < 4.78 is 1.08. The molecule has 1 fully saturated rings. The molecule has 1 aromatic heterocycles. The van der Waals surface area contributed by atoms with Crippen molar-refractivity contribution in [2.75, 3.05) is 13.1 Å². The Kier molecular flexibility index (Phi) is 4.37. The van der Waals surface area contributed by atoms with Crippen LogP contribution in [0.4, 0.5) is 5.69 Å². The maximum absolute atomic E-state index is 12.4. The molecule has 1 aliphatic rings. The fourth-order valence-corrected chi connectivity index (χ4v) is 2.67. The zero-order valence-electron chi connectivity index (χ0n) is 12.9. The quantitative estimate of drug-likeness (QED) is 0.635. The number of nitro groups is 1. The van der Waals surface area contributed by atoms with E-state index in [-0.39, 0.29) is 22.9 Å². The highest BCUT2D eigenvalue weighted by molar-refractivity contribution is 5.97. The summed E-state index contributed by atoms with van der Waals surface area (Å²) in [5.74, 6) is -0.618. The second-order valence-corrected chi connectivity index (χ2v) is 5.61. The Bertz CT molecular complexity index is 776. The Morgan fingerprint density at radius 1 is 1.00 bits per heavy atom. The number of amides is 1. The molecule has 0 N–H and O–H groups in total. The van der Waals surface area contributed by atoms with E-state index in [0.29, 0.717) is 13.1 Å². The Hall–Kier alpha value is -3.03. The summed E-state index contributed by atoms with van der Waals surface area (Å²) in [6.07, 6.45) is 4.51. The van der Waals surface area contributed by atoms with Gasteiger partial charge in [-0.05, 0) is 37.5 Å². The average molecular weight is 328 g/mol. The van der Waals surface area contributed by atoms with Crippen LogP contribution in [0.15, 0.2) is 36.5 Å². The maximum Gasteiger partial charge on any atom is 0.278 e. The van der Waals surface area contributed by atoms with Crippen molar-refractivity contribution in [2.45, 2.75) is 19.3 Å². The number of nitro benzene ring substituents is 1. The number of carbonyl (C=O) groups excluding carboxylic acids is 2. The molecule has 2 aromatic rings. The van der Waals surface area contributed by atoms with E-state index < -0.39 is 10.8 Å². The van der Waals surface area contributed by atoms with Crippen molar-refractivity contribution in [3.63, 3.8) is 0 Å². The molecule has 2 heterocycles. The molecule has 1 amide bonds. The molecule has 0 atom stereocenters. The minimum absolute atomic E-state index is 0.0898. The second-order valence-electron chi connectivity index (χ2n) is 5.61. The van der Waals surface area contributed by atoms with Crippen LogP contribution in [0.3, 0.4) is 0 Å². The molecule has 0 aliphatic carbocycles. The highest BCUT2D eigenvalue weighted by atomic mass is 16.6. The summed E-state index contributed by atoms with van der Waals surface area (Å²) in [7, 11) is 0. The molecule has 3 rings (SSSR count). The maximum atomic E-state index is 12.4. The van der Waals surface area contributed by atoms with Crippen molar-refractivity contribution >= 4 is 17.5 Å². The molecule has 1 saturated heterocycles. The number of hydrogen-bond donors (Lipinski definition) is 0. The molecule has 0 saturated carbocycles. The second kappa shape index (κ2) is 6.61. The van der Waals surface area contributed by atoms with E-state index in [1.807, 2.05) is 0 Å². The van der Waals surface area contributed by atoms with Crippen molar-refractivity contribution in [3.8, 4) is 0 Å². The number of hydrogen-bond acceptors (Lipinski definition) is 5. The molecule has 24 heavy (non-hydrogen) atoms. The number of likely N-dealkylation sites (tertiary alicyclic amines) is 1. The summed E-state index contributed by atoms with van der Waals surface area (Å²) in [5, 5.41) is 14.7. The molecule has 8 nitrogen and oxygen atoms in total. The van der Waals surface area contributed by atoms with E-state index in [0.717, 1.165) is 23.9 Å². The molecular weight excluding hydrogens is 312 g/mol. The van der Waals surface area contributed by atoms with Crippen LogP contribution < -0.4 is 0 Å². The molecule has 0 unspecified atom stereocenters. The number of rotatable bonds is 3. The van der Waals surface area contributed by atoms with Crippen LogP contribution in [0.5, 0.6) is 0 Å². The van der Waals surface area contributed by atoms with E-state index >= 15 is 0 Å². The van der Waals surface area contributed by atoms with Crippen LogP contribution in [0.25, 0.3) is 0 Å². The third-order valence-corrected chi connectivity index (χ3v) is 3.98. The van der Waals surface area contributed by atoms with E-state index in [1.165, 1.54) is 36.5 Å². The topological polar surface area (TPSA) is 98.3 Å². The summed E-state index contributed by atoms with van der Waals surface area (Å²) in [6.45, 7) is 1.42. The first-order valence-electron chi connectivity index (χ1n) is 7.70. The van der Waals surface area contributed by atoms with Crippen LogP contribution >= 0.6 is 0 Å². The van der Waals surface area contributed by atoms with Crippen LogP contribution in [0, 0.1) is 10.1 Å². The third kappa shape index (κ3) is 3.17. The first kappa shape index (κ1) is 15.9. The van der Waals surface area contributed by atoms with Gasteiger partial charge in [0.25, 0.3) is 17.5 Å². The fraction of sp³-hybridized carbons (Fsp3) is 0.312. The first-order chi connectivity index (χ1) is 11.6. The standard InChI is InChI=1S/C16H16N4O4/c21-15(12-4-6-13(7-5-12)20(23)24)19-11-8-14(17-19)16(22)18-9-2-1-3-10-18/h4-8,11H,1-3,9-10H2. The lowest BCUT2D eigenvalue weighted by molar-refractivity contribution is -0.384. The van der Waals surface area contributed by atoms with Gasteiger partial charge in [-0.2, -0.15) is 5.10 Å². The lowest BCUT2D eigenvalue weighted by Gasteiger charge is -2.25. The minimum atomic E-state index is -0.530. The van der Waals surface area contributed by atoms with Gasteiger partial charge in [0.05, 0.1) is 4.92 Å². The summed E-state index contributed by atoms with van der Waals surface area (Å²) >= 11 is 0. The van der Waals surface area contributed by atoms with E-state index in [2.05, 4.69) is 5.10 Å². The number of aromatic nitrogens is 2. The lowest BCUT2D eigenvalue weighted by Crippen LogP contribution is -2.36. The van der Waals surface area contributed by atoms with Gasteiger partial charge in [0.2, 0.25) is 0 Å². The van der Waals surface area contributed by atoms with Crippen molar-refractivity contribution in [2.24, 2.45) is 0 Å². The molecular formula is C16H16N4O4. The Morgan fingerprint density at radius 3 is 2.29 bits per heavy atom. The summed E-state index contributed by atoms with van der Waals surface area (Å²) in [6, 6.07) is 6.77. The molecule has 8 heteroatoms. The minimum Gasteiger partial charge on any atom is -0.337 e. The van der Waals surface area contributed by atoms with Gasteiger partial charge >= 0.3 is 0 Å². The third-order valence-electron chi connectivity index (χ3n) is 3.98. The SMILES string of the molecule is O=C(c1ccn(C(=O)c2ccc([N+](=O)[O-])cc2)n1)N1CCCCC1. The molecule has 1 aliphatic heterocycles. The number of piperidine rings is 1. The van der Waals surface area contributed by atoms with Gasteiger partial charge in [-0.25, -0.2) is 4.68 Å². The largest absolute Gasteiger partial charge is 0.337 e. The average Bonchev–Trinajstić information content (AvgIpc) is 3.11. The van der Waals surface area contributed by atoms with Gasteiger partial charge in [0.1, 0.15) is 0 Å². The predicted molar refractivity (Wildman–Crippen MR) is 84.8 cm³/mol. The van der Waals surface area contributed by atoms with Crippen LogP contribution in [0.1, 0.15) is 40.1 Å². The Balaban J connectivity index is 1.75. The van der Waals surface area contributed by atoms with Gasteiger partial charge in [0.15, 0.2) is 5.69 Å². The van der Waals surface area contributed by atoms with Crippen LogP contribution in [-0.4, -0.2) is 44.5 Å². The van der Waals surface area contributed by atoms with Crippen molar-refractivity contribution in [1.29, 1.82) is 0 Å². The van der Waals surface area contributed by atoms with Crippen LogP contribution in [0.2, 0.25) is 0 Å². The van der Waals surface area contributed by atoms with Gasteiger partial charge in [-0.15, -0.1) is 0 Å². The number of carbonyl (C=O) groups is 2. The Morgan fingerprint density at radius 2 is 1.67 bits per heavy atom. The summed E-state index contributed by atoms with van der Waals surface area (Å²) in [4.78, 5) is 36.6. The highest BCUT2D eigenvalue weighted by Gasteiger charge is 2.21. The van der Waals surface area contributed by atoms with Crippen molar-refractivity contribution in [1.82, 2.24) is 14.7 Å². The van der Waals surface area contributed by atoms with Gasteiger partial charge in [-0.1, -0.05) is 0 Å². The fourth-order valence-electron chi connectivity index (χ4n) is 2.67. The normalized spacial score (nSPS) is 14.4. The van der Waals surface area contributed by atoms with Gasteiger partial charge in [-0.3, -0.25) is 19.7 Å². The first-order valence-corrected chi connectivity index (χ1v) is 7.70. The molecule has 0 radical (unpaired) electrons. The van der Waals surface area contributed by atoms with Gasteiger partial charge < -0.3 is 4.90 Å². The number of benzene rings is 1. The van der Waals surface area contributed by atoms with E-state index in [9.17, 15) is 19.7 Å². The zero-order valence-corrected chi connectivity index (χ0v) is 12.9. The molecule has 0 spiro atoms. The van der Waals surface area contributed by atoms with Crippen molar-refractivity contribution in [3.05, 3.63) is 57.9 Å². The predicted octanol–water partition coefficient (Wildman–Crippen LogP) is 2.11. The molecule has 124 valence electrons. The number of non-ortho nitro benzene ring substituents is 1. The summed E-state index contributed by atoms with van der Waals surface area (Å²) in [5.41, 5.74) is 0.404. The highest BCUT2D eigenvalue weighted by Crippen LogP contribution is 2.14. The van der Waals surface area contributed by atoms with Crippen LogP contribution in [-0.2, 0) is 0 Å². The molecule has 0 bridgehead atoms. The zero-order chi connectivity index (χ0) is 17.1. The smallest absolute Gasteiger partial charge is 0.278 e. The van der Waals surface area contributed by atoms with Crippen molar-refractivity contribution < 1.29 is 14.5 Å². The van der Waals surface area contributed by atoms with E-state index in [1.54, 1.807) is 4.90 Å². The monoisotopic (exact) mass is 328 g/mol. The van der Waals surface area contributed by atoms with E-state index in [4.69, 9.17) is 0 Å². The lowest BCUT2D eigenvalue weighted by atomic mass is 10.1.